The zero-order chi connectivity index (χ0) is 22.3. The van der Waals surface area contributed by atoms with Gasteiger partial charge in [-0.1, -0.05) is 6.07 Å². The van der Waals surface area contributed by atoms with E-state index in [2.05, 4.69) is 0 Å². The number of hydrogen-bond donors (Lipinski definition) is 3. The first kappa shape index (κ1) is 21.0. The lowest BCUT2D eigenvalue weighted by molar-refractivity contribution is 0.372. The van der Waals surface area contributed by atoms with E-state index in [-0.39, 0.29) is 28.6 Å². The Morgan fingerprint density at radius 2 is 1.50 bits per heavy atom. The Hall–Kier alpha value is -3.68. The Morgan fingerprint density at radius 1 is 0.867 bits per heavy atom. The number of ether oxygens (including phenoxy) is 1. The van der Waals surface area contributed by atoms with E-state index in [9.17, 15) is 24.9 Å². The van der Waals surface area contributed by atoms with Gasteiger partial charge >= 0.3 is 0 Å². The van der Waals surface area contributed by atoms with Crippen molar-refractivity contribution in [3.63, 3.8) is 0 Å². The maximum absolute atomic E-state index is 13.2. The lowest BCUT2D eigenvalue weighted by atomic mass is 9.83. The van der Waals surface area contributed by atoms with Gasteiger partial charge in [0, 0.05) is 43.0 Å². The average molecular weight is 412 g/mol. The first-order chi connectivity index (χ1) is 14.1. The van der Waals surface area contributed by atoms with Crippen molar-refractivity contribution in [1.82, 2.24) is 9.13 Å². The standard InChI is InChI=1S/C22H24N2O6/c1-11-8-15(26)21(22(29)23(11)3)20(13-6-7-14(25)17(9-13)30-5)19-12(2)24(4)18(28)10-16(19)27/h6-10,20,25-27H,1-5H3. The summed E-state index contributed by atoms with van der Waals surface area (Å²) in [5, 5.41) is 31.4. The minimum Gasteiger partial charge on any atom is -0.507 e. The quantitative estimate of drug-likeness (QED) is 0.604. The van der Waals surface area contributed by atoms with E-state index in [1.807, 2.05) is 0 Å². The number of phenolic OH excluding ortho intramolecular Hbond substituents is 1. The first-order valence-corrected chi connectivity index (χ1v) is 9.24. The minimum atomic E-state index is -0.925. The smallest absolute Gasteiger partial charge is 0.258 e. The molecule has 1 aromatic carbocycles. The van der Waals surface area contributed by atoms with Gasteiger partial charge < -0.3 is 29.2 Å². The van der Waals surface area contributed by atoms with Crippen LogP contribution in [0, 0.1) is 13.8 Å². The minimum absolute atomic E-state index is 0.0351. The number of benzene rings is 1. The fourth-order valence-electron chi connectivity index (χ4n) is 3.63. The highest BCUT2D eigenvalue weighted by atomic mass is 16.5. The van der Waals surface area contributed by atoms with Crippen LogP contribution in [-0.4, -0.2) is 31.6 Å². The average Bonchev–Trinajstić information content (AvgIpc) is 2.70. The summed E-state index contributed by atoms with van der Waals surface area (Å²) in [6.45, 7) is 3.34. The van der Waals surface area contributed by atoms with Crippen molar-refractivity contribution in [2.45, 2.75) is 19.8 Å². The summed E-state index contributed by atoms with van der Waals surface area (Å²) in [5.74, 6) is -1.38. The summed E-state index contributed by atoms with van der Waals surface area (Å²) in [7, 11) is 4.54. The molecule has 0 aliphatic rings. The third kappa shape index (κ3) is 3.30. The molecule has 3 rings (SSSR count). The molecule has 0 spiro atoms. The summed E-state index contributed by atoms with van der Waals surface area (Å²) < 4.78 is 7.95. The van der Waals surface area contributed by atoms with Gasteiger partial charge in [0.1, 0.15) is 11.5 Å². The van der Waals surface area contributed by atoms with Gasteiger partial charge in [-0.3, -0.25) is 9.59 Å². The van der Waals surface area contributed by atoms with Gasteiger partial charge in [-0.25, -0.2) is 0 Å². The summed E-state index contributed by atoms with van der Waals surface area (Å²) in [5.41, 5.74) is 0.949. The zero-order valence-electron chi connectivity index (χ0n) is 17.4. The van der Waals surface area contributed by atoms with Gasteiger partial charge in [-0.05, 0) is 37.6 Å². The Bertz CT molecular complexity index is 1260. The van der Waals surface area contributed by atoms with Crippen LogP contribution in [0.15, 0.2) is 39.9 Å². The Kier molecular flexibility index (Phi) is 5.35. The fourth-order valence-corrected chi connectivity index (χ4v) is 3.63. The summed E-state index contributed by atoms with van der Waals surface area (Å²) in [4.78, 5) is 25.3. The molecule has 3 N–H and O–H groups in total. The Morgan fingerprint density at radius 3 is 2.13 bits per heavy atom. The molecular weight excluding hydrogens is 388 g/mol. The van der Waals surface area contributed by atoms with Crippen LogP contribution in [-0.2, 0) is 14.1 Å². The highest BCUT2D eigenvalue weighted by molar-refractivity contribution is 5.56. The van der Waals surface area contributed by atoms with Crippen molar-refractivity contribution in [2.75, 3.05) is 7.11 Å². The molecule has 0 amide bonds. The van der Waals surface area contributed by atoms with Gasteiger partial charge in [0.15, 0.2) is 11.5 Å². The summed E-state index contributed by atoms with van der Waals surface area (Å²) in [6, 6.07) is 7.05. The van der Waals surface area contributed by atoms with Gasteiger partial charge in [-0.2, -0.15) is 0 Å². The monoisotopic (exact) mass is 412 g/mol. The number of aromatic hydroxyl groups is 3. The van der Waals surface area contributed by atoms with Crippen molar-refractivity contribution in [3.8, 4) is 23.0 Å². The normalized spacial score (nSPS) is 12.0. The molecule has 158 valence electrons. The van der Waals surface area contributed by atoms with Gasteiger partial charge in [0.25, 0.3) is 11.1 Å². The van der Waals surface area contributed by atoms with Crippen LogP contribution in [0.3, 0.4) is 0 Å². The second kappa shape index (κ2) is 7.62. The number of pyridine rings is 2. The number of aromatic nitrogens is 2. The van der Waals surface area contributed by atoms with Crippen LogP contribution in [0.25, 0.3) is 0 Å². The highest BCUT2D eigenvalue weighted by Gasteiger charge is 2.30. The third-order valence-corrected chi connectivity index (χ3v) is 5.56. The maximum atomic E-state index is 13.2. The molecule has 2 heterocycles. The van der Waals surface area contributed by atoms with E-state index in [4.69, 9.17) is 4.74 Å². The molecule has 3 aromatic rings. The van der Waals surface area contributed by atoms with Gasteiger partial charge in [0.2, 0.25) is 0 Å². The molecule has 0 bridgehead atoms. The van der Waals surface area contributed by atoms with Crippen LogP contribution < -0.4 is 15.9 Å². The molecule has 0 aliphatic heterocycles. The lowest BCUT2D eigenvalue weighted by Crippen LogP contribution is -2.28. The SMILES string of the molecule is COc1cc(C(c2c(O)cc(=O)n(C)c2C)c2c(O)cc(C)n(C)c2=O)ccc1O. The Labute approximate surface area is 172 Å². The van der Waals surface area contributed by atoms with Gasteiger partial charge in [0.05, 0.1) is 12.7 Å². The van der Waals surface area contributed by atoms with Crippen LogP contribution >= 0.6 is 0 Å². The van der Waals surface area contributed by atoms with Gasteiger partial charge in [-0.15, -0.1) is 0 Å². The number of methoxy groups -OCH3 is 1. The number of aryl methyl sites for hydroxylation is 1. The van der Waals surface area contributed by atoms with E-state index >= 15 is 0 Å². The van der Waals surface area contributed by atoms with E-state index in [0.29, 0.717) is 22.5 Å². The molecular formula is C22H24N2O6. The zero-order valence-corrected chi connectivity index (χ0v) is 17.4. The predicted octanol–water partition coefficient (Wildman–Crippen LogP) is 2.01. The molecule has 0 saturated carbocycles. The third-order valence-electron chi connectivity index (χ3n) is 5.56. The highest BCUT2D eigenvalue weighted by Crippen LogP contribution is 2.42. The number of phenols is 1. The topological polar surface area (TPSA) is 114 Å². The fraction of sp³-hybridized carbons (Fsp3) is 0.273. The molecule has 30 heavy (non-hydrogen) atoms. The van der Waals surface area contributed by atoms with E-state index in [1.54, 1.807) is 34.0 Å². The van der Waals surface area contributed by atoms with Crippen molar-refractivity contribution in [1.29, 1.82) is 0 Å². The summed E-state index contributed by atoms with van der Waals surface area (Å²) >= 11 is 0. The number of rotatable bonds is 4. The molecule has 0 saturated heterocycles. The van der Waals surface area contributed by atoms with E-state index in [1.165, 1.54) is 34.4 Å². The van der Waals surface area contributed by atoms with Crippen LogP contribution in [0.2, 0.25) is 0 Å². The van der Waals surface area contributed by atoms with Crippen LogP contribution in [0.5, 0.6) is 23.0 Å². The molecule has 1 unspecified atom stereocenters. The van der Waals surface area contributed by atoms with Crippen molar-refractivity contribution in [2.24, 2.45) is 14.1 Å². The van der Waals surface area contributed by atoms with Crippen LogP contribution in [0.1, 0.15) is 34.0 Å². The van der Waals surface area contributed by atoms with Crippen molar-refractivity contribution in [3.05, 3.63) is 79.1 Å². The van der Waals surface area contributed by atoms with Crippen molar-refractivity contribution >= 4 is 0 Å². The maximum Gasteiger partial charge on any atom is 0.258 e. The van der Waals surface area contributed by atoms with E-state index in [0.717, 1.165) is 6.07 Å². The molecule has 1 atom stereocenters. The largest absolute Gasteiger partial charge is 0.507 e. The van der Waals surface area contributed by atoms with Crippen LogP contribution in [0.4, 0.5) is 0 Å². The number of hydrogen-bond acceptors (Lipinski definition) is 6. The summed E-state index contributed by atoms with van der Waals surface area (Å²) in [6.07, 6.45) is 0. The molecule has 8 nitrogen and oxygen atoms in total. The Balaban J connectivity index is 2.48. The van der Waals surface area contributed by atoms with E-state index < -0.39 is 17.0 Å². The lowest BCUT2D eigenvalue weighted by Gasteiger charge is -2.24. The predicted molar refractivity (Wildman–Crippen MR) is 112 cm³/mol. The molecule has 0 radical (unpaired) electrons. The first-order valence-electron chi connectivity index (χ1n) is 9.24. The molecule has 2 aromatic heterocycles. The number of nitrogens with zero attached hydrogens (tertiary/aromatic N) is 2. The molecule has 8 heteroatoms. The molecule has 0 aliphatic carbocycles. The van der Waals surface area contributed by atoms with Crippen molar-refractivity contribution < 1.29 is 20.1 Å². The second-order valence-corrected chi connectivity index (χ2v) is 7.24. The second-order valence-electron chi connectivity index (χ2n) is 7.24. The molecule has 0 fully saturated rings.